The number of aldehydes is 1. The van der Waals surface area contributed by atoms with Crippen molar-refractivity contribution in [1.82, 2.24) is 0 Å². The highest BCUT2D eigenvalue weighted by Gasteiger charge is 2.46. The van der Waals surface area contributed by atoms with E-state index in [4.69, 9.17) is 9.47 Å². The smallest absolute Gasteiger partial charge is 0.165 e. The highest BCUT2D eigenvalue weighted by Crippen LogP contribution is 2.54. The Balaban J connectivity index is 1.96. The number of phenols is 1. The van der Waals surface area contributed by atoms with Crippen molar-refractivity contribution in [1.29, 1.82) is 0 Å². The summed E-state index contributed by atoms with van der Waals surface area (Å²) in [5.74, 6) is 0.367. The molecule has 2 aromatic rings. The van der Waals surface area contributed by atoms with E-state index < -0.39 is 17.3 Å². The lowest BCUT2D eigenvalue weighted by molar-refractivity contribution is -0.0662. The predicted molar refractivity (Wildman–Crippen MR) is 116 cm³/mol. The molecule has 2 aromatic carbocycles. The molecule has 31 heavy (non-hydrogen) atoms. The molecule has 4 rings (SSSR count). The molecule has 3 N–H and O–H groups in total. The van der Waals surface area contributed by atoms with E-state index in [0.717, 1.165) is 16.7 Å². The van der Waals surface area contributed by atoms with E-state index in [-0.39, 0.29) is 29.8 Å². The zero-order valence-corrected chi connectivity index (χ0v) is 18.6. The maximum atomic E-state index is 11.9. The molecule has 0 fully saturated rings. The van der Waals surface area contributed by atoms with E-state index in [2.05, 4.69) is 0 Å². The summed E-state index contributed by atoms with van der Waals surface area (Å²) >= 11 is 0. The lowest BCUT2D eigenvalue weighted by atomic mass is 9.75. The summed E-state index contributed by atoms with van der Waals surface area (Å²) in [6, 6.07) is 7.21. The minimum Gasteiger partial charge on any atom is -0.507 e. The van der Waals surface area contributed by atoms with Gasteiger partial charge in [0.2, 0.25) is 0 Å². The molecule has 1 aliphatic carbocycles. The van der Waals surface area contributed by atoms with Crippen molar-refractivity contribution >= 4 is 6.29 Å². The van der Waals surface area contributed by atoms with E-state index in [1.165, 1.54) is 6.07 Å². The first kappa shape index (κ1) is 21.7. The molecule has 6 heteroatoms. The van der Waals surface area contributed by atoms with Crippen LogP contribution in [0, 0.1) is 12.8 Å². The predicted octanol–water partition coefficient (Wildman–Crippen LogP) is 3.50. The summed E-state index contributed by atoms with van der Waals surface area (Å²) in [6.45, 7) is 9.04. The second-order valence-corrected chi connectivity index (χ2v) is 9.88. The van der Waals surface area contributed by atoms with Crippen molar-refractivity contribution in [3.05, 3.63) is 52.1 Å². The highest BCUT2D eigenvalue weighted by atomic mass is 16.6. The van der Waals surface area contributed by atoms with E-state index in [9.17, 15) is 20.1 Å². The lowest BCUT2D eigenvalue weighted by Crippen LogP contribution is -2.46. The topological polar surface area (TPSA) is 96.2 Å². The van der Waals surface area contributed by atoms with Crippen molar-refractivity contribution < 1.29 is 29.6 Å². The van der Waals surface area contributed by atoms with Crippen LogP contribution >= 0.6 is 0 Å². The third-order valence-electron chi connectivity index (χ3n) is 6.53. The fourth-order valence-electron chi connectivity index (χ4n) is 4.85. The third kappa shape index (κ3) is 3.68. The Morgan fingerprint density at radius 2 is 1.81 bits per heavy atom. The molecule has 2 aliphatic rings. The molecular weight excluding hydrogens is 396 g/mol. The van der Waals surface area contributed by atoms with E-state index in [1.807, 2.05) is 25.1 Å². The molecule has 6 nitrogen and oxygen atoms in total. The number of carbonyl (C=O) groups is 1. The average molecular weight is 427 g/mol. The molecular formula is C25H30O6. The lowest BCUT2D eigenvalue weighted by Gasteiger charge is -2.38. The van der Waals surface area contributed by atoms with Crippen molar-refractivity contribution in [3.63, 3.8) is 0 Å². The van der Waals surface area contributed by atoms with E-state index >= 15 is 0 Å². The van der Waals surface area contributed by atoms with Gasteiger partial charge in [-0.3, -0.25) is 4.79 Å². The summed E-state index contributed by atoms with van der Waals surface area (Å²) in [7, 11) is 0. The van der Waals surface area contributed by atoms with Crippen LogP contribution in [0.4, 0.5) is 0 Å². The minimum atomic E-state index is -1.12. The van der Waals surface area contributed by atoms with Crippen molar-refractivity contribution in [3.8, 4) is 17.2 Å². The van der Waals surface area contributed by atoms with Crippen molar-refractivity contribution in [2.45, 2.75) is 64.3 Å². The Kier molecular flexibility index (Phi) is 5.06. The highest BCUT2D eigenvalue weighted by molar-refractivity contribution is 5.84. The Morgan fingerprint density at radius 1 is 1.10 bits per heavy atom. The number of carbonyl (C=O) groups excluding carboxylic acids is 1. The van der Waals surface area contributed by atoms with Gasteiger partial charge in [0, 0.05) is 17.4 Å². The number of fused-ring (bicyclic) bond motifs is 2. The van der Waals surface area contributed by atoms with E-state index in [1.54, 1.807) is 27.7 Å². The first-order valence-corrected chi connectivity index (χ1v) is 10.6. The van der Waals surface area contributed by atoms with Crippen LogP contribution in [-0.4, -0.2) is 45.5 Å². The van der Waals surface area contributed by atoms with Crippen LogP contribution in [0.3, 0.4) is 0 Å². The Bertz CT molecular complexity index is 1030. The first-order chi connectivity index (χ1) is 14.4. The van der Waals surface area contributed by atoms with Gasteiger partial charge in [-0.05, 0) is 69.9 Å². The first-order valence-electron chi connectivity index (χ1n) is 10.6. The summed E-state index contributed by atoms with van der Waals surface area (Å²) in [5, 5.41) is 31.9. The molecule has 0 saturated carbocycles. The monoisotopic (exact) mass is 426 g/mol. The van der Waals surface area contributed by atoms with Crippen molar-refractivity contribution in [2.75, 3.05) is 6.61 Å². The van der Waals surface area contributed by atoms with Gasteiger partial charge in [-0.1, -0.05) is 12.1 Å². The van der Waals surface area contributed by atoms with Gasteiger partial charge >= 0.3 is 0 Å². The zero-order valence-electron chi connectivity index (χ0n) is 18.6. The molecule has 0 amide bonds. The number of hydrogen-bond acceptors (Lipinski definition) is 6. The Hall–Kier alpha value is -2.57. The second-order valence-electron chi connectivity index (χ2n) is 9.88. The van der Waals surface area contributed by atoms with Gasteiger partial charge in [0.1, 0.15) is 12.4 Å². The van der Waals surface area contributed by atoms with Crippen LogP contribution in [0.25, 0.3) is 0 Å². The number of benzene rings is 2. The maximum absolute atomic E-state index is 11.9. The van der Waals surface area contributed by atoms with Crippen LogP contribution in [0.5, 0.6) is 17.2 Å². The van der Waals surface area contributed by atoms with E-state index in [0.29, 0.717) is 29.8 Å². The number of aryl methyl sites for hydroxylation is 1. The number of ether oxygens (including phenoxy) is 2. The standard InChI is InChI=1S/C25H30O6/c1-13-8-15(23-19(9-13)30-12-20(31-23)25(4,5)29)22-17(24(2,3)28)10-14-6-7-18(27)16(11-26)21(14)22/h6-9,11,17,20,22,27-29H,10,12H2,1-5H3. The molecule has 0 spiro atoms. The summed E-state index contributed by atoms with van der Waals surface area (Å²) < 4.78 is 12.2. The largest absolute Gasteiger partial charge is 0.507 e. The summed E-state index contributed by atoms with van der Waals surface area (Å²) in [6.07, 6.45) is 0.661. The number of hydrogen-bond donors (Lipinski definition) is 3. The quantitative estimate of drug-likeness (QED) is 0.648. The molecule has 0 saturated heterocycles. The number of rotatable bonds is 4. The molecule has 166 valence electrons. The average Bonchev–Trinajstić information content (AvgIpc) is 3.06. The Morgan fingerprint density at radius 3 is 2.42 bits per heavy atom. The van der Waals surface area contributed by atoms with Gasteiger partial charge in [-0.25, -0.2) is 0 Å². The molecule has 1 heterocycles. The fraction of sp³-hybridized carbons (Fsp3) is 0.480. The maximum Gasteiger partial charge on any atom is 0.165 e. The third-order valence-corrected chi connectivity index (χ3v) is 6.53. The van der Waals surface area contributed by atoms with Gasteiger partial charge < -0.3 is 24.8 Å². The number of phenolic OH excluding ortho intramolecular Hbond substituents is 1. The Labute approximate surface area is 182 Å². The minimum absolute atomic E-state index is 0.0804. The van der Waals surface area contributed by atoms with Gasteiger partial charge in [0.15, 0.2) is 23.9 Å². The SMILES string of the molecule is Cc1cc2c(c(C3c4c(ccc(O)c4C=O)CC3C(C)(C)O)c1)OC(C(C)(C)O)CO2. The van der Waals surface area contributed by atoms with Gasteiger partial charge in [-0.15, -0.1) is 0 Å². The van der Waals surface area contributed by atoms with Crippen molar-refractivity contribution in [2.24, 2.45) is 5.92 Å². The molecule has 3 atom stereocenters. The van der Waals surface area contributed by atoms with Crippen LogP contribution in [-0.2, 0) is 6.42 Å². The fourth-order valence-corrected chi connectivity index (χ4v) is 4.85. The summed E-state index contributed by atoms with van der Waals surface area (Å²) in [5.41, 5.74) is 1.43. The van der Waals surface area contributed by atoms with Gasteiger partial charge in [0.25, 0.3) is 0 Å². The molecule has 1 aliphatic heterocycles. The molecule has 0 aromatic heterocycles. The van der Waals surface area contributed by atoms with Crippen LogP contribution < -0.4 is 9.47 Å². The zero-order chi connectivity index (χ0) is 22.7. The molecule has 0 radical (unpaired) electrons. The number of aromatic hydroxyl groups is 1. The van der Waals surface area contributed by atoms with Crippen LogP contribution in [0.15, 0.2) is 24.3 Å². The van der Waals surface area contributed by atoms with Gasteiger partial charge in [0.05, 0.1) is 16.8 Å². The normalized spacial score (nSPS) is 22.9. The summed E-state index contributed by atoms with van der Waals surface area (Å²) in [4.78, 5) is 11.9. The molecule has 0 bridgehead atoms. The van der Waals surface area contributed by atoms with Crippen LogP contribution in [0.1, 0.15) is 66.2 Å². The molecule has 3 unspecified atom stereocenters. The van der Waals surface area contributed by atoms with Crippen LogP contribution in [0.2, 0.25) is 0 Å². The second kappa shape index (κ2) is 7.24. The number of aliphatic hydroxyl groups is 2. The van der Waals surface area contributed by atoms with Gasteiger partial charge in [-0.2, -0.15) is 0 Å².